The standard InChI is InChI=1S/C19H22ClN3O3/c1-19(2,3)11-23(4)16-10-13(20)9-15(22-16)17(24)21-14-7-5-12(6-8-14)18(25)26/h5-10H,11H2,1-4H3,(H,21,24)(H,25,26). The Kier molecular flexibility index (Phi) is 5.87. The number of carboxylic acid groups (broad SMARTS) is 1. The molecule has 1 heterocycles. The lowest BCUT2D eigenvalue weighted by molar-refractivity contribution is 0.0696. The van der Waals surface area contributed by atoms with E-state index in [-0.39, 0.29) is 16.7 Å². The van der Waals surface area contributed by atoms with Crippen molar-refractivity contribution in [2.45, 2.75) is 20.8 Å². The van der Waals surface area contributed by atoms with Crippen LogP contribution < -0.4 is 10.2 Å². The van der Waals surface area contributed by atoms with Gasteiger partial charge in [-0.2, -0.15) is 0 Å². The second kappa shape index (κ2) is 7.74. The Labute approximate surface area is 157 Å². The van der Waals surface area contributed by atoms with Gasteiger partial charge in [0.2, 0.25) is 0 Å². The number of rotatable bonds is 5. The molecule has 2 aromatic rings. The quantitative estimate of drug-likeness (QED) is 0.819. The van der Waals surface area contributed by atoms with Gasteiger partial charge < -0.3 is 15.3 Å². The number of amides is 1. The van der Waals surface area contributed by atoms with Gasteiger partial charge in [-0.05, 0) is 41.8 Å². The van der Waals surface area contributed by atoms with E-state index >= 15 is 0 Å². The highest BCUT2D eigenvalue weighted by atomic mass is 35.5. The van der Waals surface area contributed by atoms with E-state index in [1.807, 2.05) is 11.9 Å². The highest BCUT2D eigenvalue weighted by Crippen LogP contribution is 2.23. The fourth-order valence-corrected chi connectivity index (χ4v) is 2.68. The molecule has 138 valence electrons. The van der Waals surface area contributed by atoms with Gasteiger partial charge in [0.1, 0.15) is 11.5 Å². The van der Waals surface area contributed by atoms with Crippen LogP contribution in [0.4, 0.5) is 11.5 Å². The van der Waals surface area contributed by atoms with Crippen LogP contribution in [0.1, 0.15) is 41.6 Å². The van der Waals surface area contributed by atoms with E-state index in [1.165, 1.54) is 30.3 Å². The Balaban J connectivity index is 2.19. The molecule has 26 heavy (non-hydrogen) atoms. The van der Waals surface area contributed by atoms with Crippen LogP contribution in [0.5, 0.6) is 0 Å². The number of hydrogen-bond acceptors (Lipinski definition) is 4. The zero-order chi connectivity index (χ0) is 19.5. The van der Waals surface area contributed by atoms with Crippen molar-refractivity contribution >= 4 is 35.0 Å². The second-order valence-electron chi connectivity index (χ2n) is 7.28. The zero-order valence-corrected chi connectivity index (χ0v) is 16.0. The van der Waals surface area contributed by atoms with Gasteiger partial charge in [0.25, 0.3) is 5.91 Å². The molecule has 7 heteroatoms. The smallest absolute Gasteiger partial charge is 0.335 e. The largest absolute Gasteiger partial charge is 0.478 e. The van der Waals surface area contributed by atoms with Crippen molar-refractivity contribution in [2.75, 3.05) is 23.8 Å². The SMILES string of the molecule is CN(CC(C)(C)C)c1cc(Cl)cc(C(=O)Nc2ccc(C(=O)O)cc2)n1. The number of pyridine rings is 1. The van der Waals surface area contributed by atoms with Gasteiger partial charge >= 0.3 is 5.97 Å². The first kappa shape index (κ1) is 19.7. The molecule has 0 bridgehead atoms. The number of carboxylic acids is 1. The van der Waals surface area contributed by atoms with Crippen LogP contribution in [-0.2, 0) is 0 Å². The van der Waals surface area contributed by atoms with Crippen molar-refractivity contribution in [3.63, 3.8) is 0 Å². The molecule has 0 aliphatic carbocycles. The maximum atomic E-state index is 12.5. The van der Waals surface area contributed by atoms with Crippen molar-refractivity contribution in [3.05, 3.63) is 52.7 Å². The Hall–Kier alpha value is -2.60. The summed E-state index contributed by atoms with van der Waals surface area (Å²) in [6.07, 6.45) is 0. The second-order valence-corrected chi connectivity index (χ2v) is 7.72. The third-order valence-electron chi connectivity index (χ3n) is 3.50. The molecule has 0 spiro atoms. The minimum absolute atomic E-state index is 0.0626. The molecule has 0 aliphatic rings. The molecule has 0 fully saturated rings. The van der Waals surface area contributed by atoms with Gasteiger partial charge in [-0.1, -0.05) is 32.4 Å². The number of carbonyl (C=O) groups excluding carboxylic acids is 1. The van der Waals surface area contributed by atoms with Crippen LogP contribution in [0.2, 0.25) is 5.02 Å². The molecule has 0 saturated carbocycles. The summed E-state index contributed by atoms with van der Waals surface area (Å²) >= 11 is 6.16. The molecule has 2 N–H and O–H groups in total. The van der Waals surface area contributed by atoms with Crippen molar-refractivity contribution in [1.82, 2.24) is 4.98 Å². The van der Waals surface area contributed by atoms with E-state index in [0.717, 1.165) is 6.54 Å². The number of halogens is 1. The summed E-state index contributed by atoms with van der Waals surface area (Å²) < 4.78 is 0. The normalized spacial score (nSPS) is 11.1. The number of aromatic carboxylic acids is 1. The fourth-order valence-electron chi connectivity index (χ4n) is 2.48. The first-order valence-electron chi connectivity index (χ1n) is 8.08. The molecular formula is C19H22ClN3O3. The van der Waals surface area contributed by atoms with Crippen LogP contribution >= 0.6 is 11.6 Å². The minimum Gasteiger partial charge on any atom is -0.478 e. The average Bonchev–Trinajstić information content (AvgIpc) is 2.53. The van der Waals surface area contributed by atoms with Gasteiger partial charge in [0.15, 0.2) is 0 Å². The van der Waals surface area contributed by atoms with Crippen LogP contribution in [0.15, 0.2) is 36.4 Å². The predicted molar refractivity (Wildman–Crippen MR) is 103 cm³/mol. The predicted octanol–water partition coefficient (Wildman–Crippen LogP) is 4.17. The Morgan fingerprint density at radius 2 is 1.81 bits per heavy atom. The highest BCUT2D eigenvalue weighted by Gasteiger charge is 2.17. The Morgan fingerprint density at radius 1 is 1.19 bits per heavy atom. The highest BCUT2D eigenvalue weighted by molar-refractivity contribution is 6.31. The third-order valence-corrected chi connectivity index (χ3v) is 3.72. The van der Waals surface area contributed by atoms with Crippen LogP contribution in [-0.4, -0.2) is 35.6 Å². The molecular weight excluding hydrogens is 354 g/mol. The molecule has 0 aliphatic heterocycles. The Bertz CT molecular complexity index is 814. The van der Waals surface area contributed by atoms with Crippen LogP contribution in [0, 0.1) is 5.41 Å². The minimum atomic E-state index is -1.02. The van der Waals surface area contributed by atoms with Gasteiger partial charge in [0.05, 0.1) is 5.56 Å². The molecule has 0 atom stereocenters. The maximum Gasteiger partial charge on any atom is 0.335 e. The van der Waals surface area contributed by atoms with E-state index in [2.05, 4.69) is 31.1 Å². The summed E-state index contributed by atoms with van der Waals surface area (Å²) in [7, 11) is 1.90. The topological polar surface area (TPSA) is 82.5 Å². The maximum absolute atomic E-state index is 12.5. The van der Waals surface area contributed by atoms with Crippen molar-refractivity contribution in [3.8, 4) is 0 Å². The molecule has 1 aromatic carbocycles. The first-order chi connectivity index (χ1) is 12.0. The van der Waals surface area contributed by atoms with E-state index in [0.29, 0.717) is 16.5 Å². The van der Waals surface area contributed by atoms with Crippen molar-refractivity contribution in [1.29, 1.82) is 0 Å². The number of aromatic nitrogens is 1. The van der Waals surface area contributed by atoms with Gasteiger partial charge in [-0.3, -0.25) is 4.79 Å². The lowest BCUT2D eigenvalue weighted by Crippen LogP contribution is -2.30. The molecule has 1 aromatic heterocycles. The van der Waals surface area contributed by atoms with E-state index in [9.17, 15) is 9.59 Å². The van der Waals surface area contributed by atoms with E-state index in [4.69, 9.17) is 16.7 Å². The summed E-state index contributed by atoms with van der Waals surface area (Å²) in [5, 5.41) is 12.0. The van der Waals surface area contributed by atoms with E-state index < -0.39 is 11.9 Å². The number of nitrogens with zero attached hydrogens (tertiary/aromatic N) is 2. The third kappa shape index (κ3) is 5.46. The van der Waals surface area contributed by atoms with Gasteiger partial charge in [-0.15, -0.1) is 0 Å². The van der Waals surface area contributed by atoms with Crippen molar-refractivity contribution < 1.29 is 14.7 Å². The molecule has 0 saturated heterocycles. The lowest BCUT2D eigenvalue weighted by Gasteiger charge is -2.27. The molecule has 1 amide bonds. The number of anilines is 2. The van der Waals surface area contributed by atoms with E-state index in [1.54, 1.807) is 6.07 Å². The first-order valence-corrected chi connectivity index (χ1v) is 8.46. The van der Waals surface area contributed by atoms with Gasteiger partial charge in [-0.25, -0.2) is 9.78 Å². The van der Waals surface area contributed by atoms with Crippen LogP contribution in [0.3, 0.4) is 0 Å². The summed E-state index contributed by atoms with van der Waals surface area (Å²) in [5.41, 5.74) is 0.879. The van der Waals surface area contributed by atoms with Crippen molar-refractivity contribution in [2.24, 2.45) is 5.41 Å². The molecule has 0 unspecified atom stereocenters. The summed E-state index contributed by atoms with van der Waals surface area (Å²) in [6, 6.07) is 9.11. The molecule has 6 nitrogen and oxygen atoms in total. The summed E-state index contributed by atoms with van der Waals surface area (Å²) in [6.45, 7) is 7.09. The number of carbonyl (C=O) groups is 2. The summed E-state index contributed by atoms with van der Waals surface area (Å²) in [5.74, 6) is -0.828. The Morgan fingerprint density at radius 3 is 2.35 bits per heavy atom. The number of benzene rings is 1. The lowest BCUT2D eigenvalue weighted by atomic mass is 9.96. The monoisotopic (exact) mass is 375 g/mol. The zero-order valence-electron chi connectivity index (χ0n) is 15.2. The number of hydrogen-bond donors (Lipinski definition) is 2. The average molecular weight is 376 g/mol. The molecule has 0 radical (unpaired) electrons. The number of nitrogens with one attached hydrogen (secondary N) is 1. The molecule has 2 rings (SSSR count). The fraction of sp³-hybridized carbons (Fsp3) is 0.316. The van der Waals surface area contributed by atoms with Gasteiger partial charge in [0, 0.05) is 24.3 Å². The van der Waals surface area contributed by atoms with Crippen LogP contribution in [0.25, 0.3) is 0 Å². The summed E-state index contributed by atoms with van der Waals surface area (Å²) in [4.78, 5) is 29.7.